The predicted molar refractivity (Wildman–Crippen MR) is 64.8 cm³/mol. The highest BCUT2D eigenvalue weighted by Crippen LogP contribution is 2.19. The maximum absolute atomic E-state index is 5.34. The van der Waals surface area contributed by atoms with Gasteiger partial charge < -0.3 is 5.73 Å². The molecule has 15 heavy (non-hydrogen) atoms. The molecule has 0 aliphatic carbocycles. The maximum atomic E-state index is 5.34. The summed E-state index contributed by atoms with van der Waals surface area (Å²) in [5.41, 5.74) is 5.34. The van der Waals surface area contributed by atoms with Gasteiger partial charge in [-0.2, -0.15) is 0 Å². The normalized spacial score (nSPS) is 16.3. The van der Waals surface area contributed by atoms with E-state index in [9.17, 15) is 0 Å². The molecule has 2 rings (SSSR count). The van der Waals surface area contributed by atoms with Gasteiger partial charge >= 0.3 is 0 Å². The number of thiophene rings is 1. The third-order valence-electron chi connectivity index (χ3n) is 2.55. The minimum absolute atomic E-state index is 0.444. The summed E-state index contributed by atoms with van der Waals surface area (Å²) in [4.78, 5) is 5.05. The van der Waals surface area contributed by atoms with Crippen LogP contribution in [-0.4, -0.2) is 24.5 Å². The minimum atomic E-state index is 0.444. The average Bonchev–Trinajstić information content (AvgIpc) is 2.87. The third-order valence-corrected chi connectivity index (χ3v) is 3.54. The predicted octanol–water partition coefficient (Wildman–Crippen LogP) is 1.65. The Morgan fingerprint density at radius 2 is 2.13 bits per heavy atom. The lowest BCUT2D eigenvalue weighted by Gasteiger charge is -2.12. The molecule has 80 valence electrons. The molecule has 3 heteroatoms. The second kappa shape index (κ2) is 5.32. The smallest absolute Gasteiger partial charge is 0.0772 e. The molecule has 0 unspecified atom stereocenters. The van der Waals surface area contributed by atoms with Crippen LogP contribution < -0.4 is 5.73 Å². The van der Waals surface area contributed by atoms with Crippen LogP contribution in [0, 0.1) is 11.8 Å². The molecule has 0 saturated carbocycles. The van der Waals surface area contributed by atoms with E-state index >= 15 is 0 Å². The zero-order valence-corrected chi connectivity index (χ0v) is 9.65. The van der Waals surface area contributed by atoms with Gasteiger partial charge in [0.15, 0.2) is 0 Å². The summed E-state index contributed by atoms with van der Waals surface area (Å²) in [5, 5.41) is 0. The van der Waals surface area contributed by atoms with Gasteiger partial charge in [-0.15, -0.1) is 11.3 Å². The molecule has 1 fully saturated rings. The van der Waals surface area contributed by atoms with E-state index < -0.39 is 0 Å². The Labute approximate surface area is 95.1 Å². The van der Waals surface area contributed by atoms with Gasteiger partial charge in [0.05, 0.1) is 11.4 Å². The molecule has 0 radical (unpaired) electrons. The van der Waals surface area contributed by atoms with Crippen molar-refractivity contribution in [1.82, 2.24) is 4.90 Å². The van der Waals surface area contributed by atoms with Crippen molar-refractivity contribution in [2.45, 2.75) is 19.4 Å². The summed E-state index contributed by atoms with van der Waals surface area (Å²) < 4.78 is 0. The van der Waals surface area contributed by atoms with Crippen LogP contribution >= 0.6 is 11.3 Å². The second-order valence-corrected chi connectivity index (χ2v) is 4.92. The Bertz CT molecular complexity index is 366. The van der Waals surface area contributed by atoms with Crippen molar-refractivity contribution in [3.8, 4) is 11.8 Å². The molecule has 0 spiro atoms. The van der Waals surface area contributed by atoms with Crippen LogP contribution in [0.5, 0.6) is 0 Å². The molecular weight excluding hydrogens is 204 g/mol. The Balaban J connectivity index is 1.94. The van der Waals surface area contributed by atoms with E-state index in [0.29, 0.717) is 6.54 Å². The highest BCUT2D eigenvalue weighted by atomic mass is 32.1. The standard InChI is InChI=1S/C12H16N2S/c13-7-3-4-11-5-6-12(15-11)10-14-8-1-2-9-14/h5-6H,1-2,7-10,13H2. The molecule has 0 bridgehead atoms. The highest BCUT2D eigenvalue weighted by molar-refractivity contribution is 7.12. The quantitative estimate of drug-likeness (QED) is 0.768. The van der Waals surface area contributed by atoms with Gasteiger partial charge in [0.2, 0.25) is 0 Å². The van der Waals surface area contributed by atoms with Crippen LogP contribution in [0.25, 0.3) is 0 Å². The monoisotopic (exact) mass is 220 g/mol. The summed E-state index contributed by atoms with van der Waals surface area (Å²) in [7, 11) is 0. The first-order valence-corrected chi connectivity index (χ1v) is 6.20. The number of rotatable bonds is 2. The van der Waals surface area contributed by atoms with Crippen molar-refractivity contribution in [3.63, 3.8) is 0 Å². The van der Waals surface area contributed by atoms with Crippen LogP contribution in [0.1, 0.15) is 22.6 Å². The molecule has 1 saturated heterocycles. The molecule has 0 aromatic carbocycles. The zero-order chi connectivity index (χ0) is 10.5. The number of likely N-dealkylation sites (tertiary alicyclic amines) is 1. The molecule has 1 aliphatic heterocycles. The summed E-state index contributed by atoms with van der Waals surface area (Å²) >= 11 is 1.79. The van der Waals surface area contributed by atoms with Crippen LogP contribution in [0.4, 0.5) is 0 Å². The number of nitrogens with two attached hydrogens (primary N) is 1. The third kappa shape index (κ3) is 3.07. The van der Waals surface area contributed by atoms with E-state index in [1.165, 1.54) is 30.8 Å². The van der Waals surface area contributed by atoms with Gasteiger partial charge in [-0.3, -0.25) is 4.90 Å². The maximum Gasteiger partial charge on any atom is 0.0772 e. The van der Waals surface area contributed by atoms with E-state index in [4.69, 9.17) is 5.73 Å². The Morgan fingerprint density at radius 1 is 1.33 bits per heavy atom. The zero-order valence-electron chi connectivity index (χ0n) is 8.83. The van der Waals surface area contributed by atoms with E-state index in [0.717, 1.165) is 11.4 Å². The van der Waals surface area contributed by atoms with Crippen LogP contribution in [-0.2, 0) is 6.54 Å². The summed E-state index contributed by atoms with van der Waals surface area (Å²) in [6, 6.07) is 4.28. The number of nitrogens with zero attached hydrogens (tertiary/aromatic N) is 1. The molecule has 1 aliphatic rings. The van der Waals surface area contributed by atoms with Crippen LogP contribution in [0.2, 0.25) is 0 Å². The van der Waals surface area contributed by atoms with Crippen molar-refractivity contribution in [3.05, 3.63) is 21.9 Å². The summed E-state index contributed by atoms with van der Waals surface area (Å²) in [6.45, 7) is 4.04. The lowest BCUT2D eigenvalue weighted by atomic mass is 10.4. The first-order valence-electron chi connectivity index (χ1n) is 5.38. The molecular formula is C12H16N2S. The molecule has 2 N–H and O–H groups in total. The summed E-state index contributed by atoms with van der Waals surface area (Å²) in [5.74, 6) is 5.96. The molecule has 1 aromatic heterocycles. The van der Waals surface area contributed by atoms with Crippen molar-refractivity contribution in [1.29, 1.82) is 0 Å². The van der Waals surface area contributed by atoms with Crippen molar-refractivity contribution >= 4 is 11.3 Å². The molecule has 2 nitrogen and oxygen atoms in total. The lowest BCUT2D eigenvalue weighted by Crippen LogP contribution is -2.17. The van der Waals surface area contributed by atoms with E-state index in [-0.39, 0.29) is 0 Å². The van der Waals surface area contributed by atoms with E-state index in [1.807, 2.05) is 0 Å². The van der Waals surface area contributed by atoms with Gasteiger partial charge in [0.25, 0.3) is 0 Å². The number of hydrogen-bond acceptors (Lipinski definition) is 3. The largest absolute Gasteiger partial charge is 0.320 e. The fraction of sp³-hybridized carbons (Fsp3) is 0.500. The Kier molecular flexibility index (Phi) is 3.79. The first-order chi connectivity index (χ1) is 7.38. The second-order valence-electron chi connectivity index (χ2n) is 3.76. The van der Waals surface area contributed by atoms with Crippen LogP contribution in [0.3, 0.4) is 0 Å². The number of hydrogen-bond donors (Lipinski definition) is 1. The van der Waals surface area contributed by atoms with E-state index in [1.54, 1.807) is 11.3 Å². The molecule has 2 heterocycles. The Morgan fingerprint density at radius 3 is 2.87 bits per heavy atom. The van der Waals surface area contributed by atoms with Gasteiger partial charge in [-0.05, 0) is 38.1 Å². The fourth-order valence-electron chi connectivity index (χ4n) is 1.83. The molecule has 0 atom stereocenters. The van der Waals surface area contributed by atoms with Gasteiger partial charge in [0.1, 0.15) is 0 Å². The Hall–Kier alpha value is -0.820. The lowest BCUT2D eigenvalue weighted by molar-refractivity contribution is 0.334. The van der Waals surface area contributed by atoms with Gasteiger partial charge in [-0.1, -0.05) is 11.8 Å². The average molecular weight is 220 g/mol. The van der Waals surface area contributed by atoms with Crippen molar-refractivity contribution in [2.75, 3.05) is 19.6 Å². The van der Waals surface area contributed by atoms with Crippen molar-refractivity contribution < 1.29 is 0 Å². The fourth-order valence-corrected chi connectivity index (χ4v) is 2.75. The SMILES string of the molecule is NCC#Cc1ccc(CN2CCCC2)s1. The first kappa shape index (κ1) is 10.7. The minimum Gasteiger partial charge on any atom is -0.320 e. The van der Waals surface area contributed by atoms with Crippen molar-refractivity contribution in [2.24, 2.45) is 5.73 Å². The van der Waals surface area contributed by atoms with Gasteiger partial charge in [0, 0.05) is 11.4 Å². The summed E-state index contributed by atoms with van der Waals surface area (Å²) in [6.07, 6.45) is 2.70. The van der Waals surface area contributed by atoms with E-state index in [2.05, 4.69) is 28.9 Å². The topological polar surface area (TPSA) is 29.3 Å². The molecule has 0 amide bonds. The van der Waals surface area contributed by atoms with Gasteiger partial charge in [-0.25, -0.2) is 0 Å². The molecule has 1 aromatic rings. The highest BCUT2D eigenvalue weighted by Gasteiger charge is 2.12. The van der Waals surface area contributed by atoms with Crippen LogP contribution in [0.15, 0.2) is 12.1 Å².